The largest absolute Gasteiger partial charge is 0.309 e. The standard InChI is InChI=1S/C13H13FN4OS/c14-9-4-1-2-5-10(9)18-7-3-6-11(13(18)19)20-12-8-15-17-16-12/h1-2,4-5,8,11H,3,6-7H2,(H,15,16,17). The van der Waals surface area contributed by atoms with Crippen LogP contribution < -0.4 is 4.90 Å². The van der Waals surface area contributed by atoms with Gasteiger partial charge in [0.25, 0.3) is 0 Å². The first kappa shape index (κ1) is 13.1. The summed E-state index contributed by atoms with van der Waals surface area (Å²) in [5, 5.41) is 10.6. The molecular formula is C13H13FN4OS. The quantitative estimate of drug-likeness (QED) is 0.942. The van der Waals surface area contributed by atoms with Gasteiger partial charge in [0.05, 0.1) is 17.1 Å². The number of hydrogen-bond donors (Lipinski definition) is 1. The lowest BCUT2D eigenvalue weighted by Crippen LogP contribution is -2.43. The molecule has 1 aromatic heterocycles. The lowest BCUT2D eigenvalue weighted by molar-refractivity contribution is -0.119. The zero-order valence-corrected chi connectivity index (χ0v) is 11.4. The number of thioether (sulfide) groups is 1. The molecule has 0 bridgehead atoms. The van der Waals surface area contributed by atoms with E-state index in [-0.39, 0.29) is 17.0 Å². The molecule has 2 aromatic rings. The SMILES string of the molecule is O=C1C(Sc2cn[nH]n2)CCCN1c1ccccc1F. The molecule has 1 fully saturated rings. The Bertz CT molecular complexity index is 604. The first-order chi connectivity index (χ1) is 9.75. The van der Waals surface area contributed by atoms with E-state index in [0.29, 0.717) is 17.3 Å². The third-order valence-electron chi connectivity index (χ3n) is 3.19. The van der Waals surface area contributed by atoms with Crippen LogP contribution in [0, 0.1) is 5.82 Å². The number of carbonyl (C=O) groups excluding carboxylic acids is 1. The Labute approximate surface area is 119 Å². The van der Waals surface area contributed by atoms with Crippen LogP contribution >= 0.6 is 11.8 Å². The maximum absolute atomic E-state index is 13.8. The zero-order valence-electron chi connectivity index (χ0n) is 10.6. The van der Waals surface area contributed by atoms with Crippen molar-refractivity contribution in [1.29, 1.82) is 0 Å². The smallest absolute Gasteiger partial charge is 0.240 e. The van der Waals surface area contributed by atoms with E-state index in [1.807, 2.05) is 0 Å². The summed E-state index contributed by atoms with van der Waals surface area (Å²) in [7, 11) is 0. The molecule has 1 aromatic carbocycles. The molecule has 1 unspecified atom stereocenters. The summed E-state index contributed by atoms with van der Waals surface area (Å²) in [6, 6.07) is 6.36. The number of piperidine rings is 1. The molecule has 5 nitrogen and oxygen atoms in total. The predicted molar refractivity (Wildman–Crippen MR) is 74.0 cm³/mol. The summed E-state index contributed by atoms with van der Waals surface area (Å²) in [6.07, 6.45) is 3.19. The number of nitrogens with one attached hydrogen (secondary N) is 1. The van der Waals surface area contributed by atoms with Crippen LogP contribution in [0.1, 0.15) is 12.8 Å². The van der Waals surface area contributed by atoms with Gasteiger partial charge in [-0.3, -0.25) is 4.79 Å². The van der Waals surface area contributed by atoms with E-state index < -0.39 is 0 Å². The molecule has 1 N–H and O–H groups in total. The van der Waals surface area contributed by atoms with Crippen molar-refractivity contribution in [2.45, 2.75) is 23.1 Å². The van der Waals surface area contributed by atoms with E-state index in [1.165, 1.54) is 22.7 Å². The molecule has 2 heterocycles. The summed E-state index contributed by atoms with van der Waals surface area (Å²) in [5.41, 5.74) is 0.350. The van der Waals surface area contributed by atoms with Crippen LogP contribution in [0.25, 0.3) is 0 Å². The number of H-pyrrole nitrogens is 1. The van der Waals surface area contributed by atoms with Crippen molar-refractivity contribution in [3.8, 4) is 0 Å². The number of rotatable bonds is 3. The summed E-state index contributed by atoms with van der Waals surface area (Å²) in [4.78, 5) is 14.0. The summed E-state index contributed by atoms with van der Waals surface area (Å²) >= 11 is 1.37. The number of hydrogen-bond acceptors (Lipinski definition) is 4. The highest BCUT2D eigenvalue weighted by molar-refractivity contribution is 8.00. The van der Waals surface area contributed by atoms with Crippen LogP contribution in [0.2, 0.25) is 0 Å². The Hall–Kier alpha value is -1.89. The maximum atomic E-state index is 13.8. The van der Waals surface area contributed by atoms with Gasteiger partial charge in [-0.25, -0.2) is 4.39 Å². The van der Waals surface area contributed by atoms with Crippen molar-refractivity contribution in [1.82, 2.24) is 15.4 Å². The fourth-order valence-electron chi connectivity index (χ4n) is 2.26. The Kier molecular flexibility index (Phi) is 3.68. The predicted octanol–water partition coefficient (Wildman–Crippen LogP) is 2.23. The number of aromatic amines is 1. The van der Waals surface area contributed by atoms with Crippen LogP contribution in [0.4, 0.5) is 10.1 Å². The highest BCUT2D eigenvalue weighted by Gasteiger charge is 2.32. The molecule has 7 heteroatoms. The number of anilines is 1. The number of halogens is 1. The minimum Gasteiger partial charge on any atom is -0.309 e. The molecule has 1 aliphatic rings. The molecule has 3 rings (SSSR count). The summed E-state index contributed by atoms with van der Waals surface area (Å²) in [5.74, 6) is -0.442. The van der Waals surface area contributed by atoms with Crippen LogP contribution in [-0.4, -0.2) is 33.1 Å². The van der Waals surface area contributed by atoms with Crippen LogP contribution in [0.3, 0.4) is 0 Å². The third kappa shape index (κ3) is 2.53. The summed E-state index contributed by atoms with van der Waals surface area (Å²) in [6.45, 7) is 0.551. The number of aromatic nitrogens is 3. The van der Waals surface area contributed by atoms with Gasteiger partial charge in [-0.05, 0) is 25.0 Å². The van der Waals surface area contributed by atoms with Gasteiger partial charge in [-0.2, -0.15) is 10.3 Å². The first-order valence-corrected chi connectivity index (χ1v) is 7.22. The van der Waals surface area contributed by atoms with E-state index >= 15 is 0 Å². The van der Waals surface area contributed by atoms with Gasteiger partial charge in [0.2, 0.25) is 5.91 Å². The second-order valence-electron chi connectivity index (χ2n) is 4.50. The number of nitrogens with zero attached hydrogens (tertiary/aromatic N) is 3. The third-order valence-corrected chi connectivity index (χ3v) is 4.35. The van der Waals surface area contributed by atoms with Crippen molar-refractivity contribution >= 4 is 23.4 Å². The molecule has 104 valence electrons. The Morgan fingerprint density at radius 3 is 3.00 bits per heavy atom. The van der Waals surface area contributed by atoms with Crippen LogP contribution in [0.15, 0.2) is 35.5 Å². The molecule has 1 saturated heterocycles. The topological polar surface area (TPSA) is 61.9 Å². The minimum atomic E-state index is -0.368. The molecule has 20 heavy (non-hydrogen) atoms. The molecule has 0 spiro atoms. The normalized spacial score (nSPS) is 19.4. The first-order valence-electron chi connectivity index (χ1n) is 6.34. The Morgan fingerprint density at radius 1 is 1.40 bits per heavy atom. The Balaban J connectivity index is 1.80. The highest BCUT2D eigenvalue weighted by Crippen LogP contribution is 2.31. The van der Waals surface area contributed by atoms with Gasteiger partial charge in [-0.15, -0.1) is 5.10 Å². The van der Waals surface area contributed by atoms with Gasteiger partial charge < -0.3 is 4.90 Å². The van der Waals surface area contributed by atoms with Gasteiger partial charge in [0.1, 0.15) is 10.8 Å². The summed E-state index contributed by atoms with van der Waals surface area (Å²) < 4.78 is 13.8. The molecule has 0 radical (unpaired) electrons. The second-order valence-corrected chi connectivity index (χ2v) is 5.72. The van der Waals surface area contributed by atoms with E-state index in [4.69, 9.17) is 0 Å². The zero-order chi connectivity index (χ0) is 13.9. The molecule has 0 saturated carbocycles. The average Bonchev–Trinajstić information content (AvgIpc) is 2.95. The monoisotopic (exact) mass is 292 g/mol. The minimum absolute atomic E-state index is 0.0747. The molecule has 1 aliphatic heterocycles. The van der Waals surface area contributed by atoms with Crippen LogP contribution in [-0.2, 0) is 4.79 Å². The molecular weight excluding hydrogens is 279 g/mol. The lowest BCUT2D eigenvalue weighted by Gasteiger charge is -2.31. The van der Waals surface area contributed by atoms with Crippen molar-refractivity contribution < 1.29 is 9.18 Å². The van der Waals surface area contributed by atoms with Crippen LogP contribution in [0.5, 0.6) is 0 Å². The average molecular weight is 292 g/mol. The fourth-order valence-corrected chi connectivity index (χ4v) is 3.27. The highest BCUT2D eigenvalue weighted by atomic mass is 32.2. The second kappa shape index (κ2) is 5.62. The number of amides is 1. The molecule has 0 aliphatic carbocycles. The maximum Gasteiger partial charge on any atom is 0.240 e. The lowest BCUT2D eigenvalue weighted by atomic mass is 10.1. The van der Waals surface area contributed by atoms with Gasteiger partial charge in [0.15, 0.2) is 0 Å². The Morgan fingerprint density at radius 2 is 2.25 bits per heavy atom. The van der Waals surface area contributed by atoms with Crippen molar-refractivity contribution in [2.75, 3.05) is 11.4 Å². The van der Waals surface area contributed by atoms with Crippen molar-refractivity contribution in [3.63, 3.8) is 0 Å². The van der Waals surface area contributed by atoms with Crippen molar-refractivity contribution in [2.24, 2.45) is 0 Å². The van der Waals surface area contributed by atoms with Gasteiger partial charge in [-0.1, -0.05) is 23.9 Å². The molecule has 1 atom stereocenters. The van der Waals surface area contributed by atoms with Gasteiger partial charge >= 0.3 is 0 Å². The van der Waals surface area contributed by atoms with Gasteiger partial charge in [0, 0.05) is 6.54 Å². The van der Waals surface area contributed by atoms with Crippen molar-refractivity contribution in [3.05, 3.63) is 36.3 Å². The van der Waals surface area contributed by atoms with E-state index in [0.717, 1.165) is 12.8 Å². The fraction of sp³-hybridized carbons (Fsp3) is 0.308. The number of benzene rings is 1. The molecule has 1 amide bonds. The number of carbonyl (C=O) groups is 1. The van der Waals surface area contributed by atoms with E-state index in [9.17, 15) is 9.18 Å². The van der Waals surface area contributed by atoms with E-state index in [1.54, 1.807) is 24.4 Å². The number of para-hydroxylation sites is 1. The van der Waals surface area contributed by atoms with E-state index in [2.05, 4.69) is 15.4 Å².